The molecule has 0 heterocycles. The summed E-state index contributed by atoms with van der Waals surface area (Å²) in [6.45, 7) is 0. The molecule has 0 unspecified atom stereocenters. The number of carboxylic acid groups (broad SMARTS) is 1. The Kier molecular flexibility index (Phi) is 3.73. The number of hydrogen-bond acceptors (Lipinski definition) is 1. The number of aliphatic carboxylic acids is 1. The molecule has 0 saturated carbocycles. The first kappa shape index (κ1) is 10.3. The molecule has 1 N–H and O–H groups in total. The van der Waals surface area contributed by atoms with Gasteiger partial charge in [-0.1, -0.05) is 24.3 Å². The van der Waals surface area contributed by atoms with E-state index in [-0.39, 0.29) is 6.42 Å². The van der Waals surface area contributed by atoms with Crippen molar-refractivity contribution < 1.29 is 15.0 Å². The summed E-state index contributed by atoms with van der Waals surface area (Å²) in [5, 5.41) is 18.7. The van der Waals surface area contributed by atoms with Gasteiger partial charge in [0.1, 0.15) is 6.26 Å². The minimum atomic E-state index is -0.846. The summed E-state index contributed by atoms with van der Waals surface area (Å²) in [7, 11) is 0. The summed E-state index contributed by atoms with van der Waals surface area (Å²) < 4.78 is 0. The van der Waals surface area contributed by atoms with Crippen LogP contribution >= 0.6 is 0 Å². The molecule has 0 fully saturated rings. The van der Waals surface area contributed by atoms with Crippen LogP contribution in [0.25, 0.3) is 0 Å². The Morgan fingerprint density at radius 3 is 2.71 bits per heavy atom. The van der Waals surface area contributed by atoms with Crippen LogP contribution in [0.3, 0.4) is 0 Å². The third-order valence-corrected chi connectivity index (χ3v) is 1.80. The first-order valence-electron chi connectivity index (χ1n) is 4.29. The van der Waals surface area contributed by atoms with E-state index in [4.69, 9.17) is 5.11 Å². The highest BCUT2D eigenvalue weighted by Crippen LogP contribution is 2.07. The van der Waals surface area contributed by atoms with Gasteiger partial charge in [0, 0.05) is 0 Å². The first-order valence-corrected chi connectivity index (χ1v) is 4.29. The van der Waals surface area contributed by atoms with Crippen LogP contribution in [0.5, 0.6) is 0 Å². The number of hydrogen-bond donors (Lipinski definition) is 1. The van der Waals surface area contributed by atoms with Gasteiger partial charge in [0.05, 0.1) is 6.42 Å². The molecule has 3 heteroatoms. The Hall–Kier alpha value is -1.77. The normalized spacial score (nSPS) is 10.6. The standard InChI is InChI=1S/C11H11O3/c12-6-2-5-9-3-1-4-10(7-9)8-11(13)14/h1-4,6-7H,5,8H2,(H,13,14). The smallest absolute Gasteiger partial charge is 0.307 e. The SMILES string of the molecule is [O]C=CCc1cccc(CC(=O)O)c1. The Morgan fingerprint density at radius 2 is 2.07 bits per heavy atom. The highest BCUT2D eigenvalue weighted by molar-refractivity contribution is 5.70. The fraction of sp³-hybridized carbons (Fsp3) is 0.182. The van der Waals surface area contributed by atoms with Crippen molar-refractivity contribution in [3.05, 3.63) is 47.7 Å². The topological polar surface area (TPSA) is 57.2 Å². The monoisotopic (exact) mass is 191 g/mol. The van der Waals surface area contributed by atoms with Crippen molar-refractivity contribution in [1.29, 1.82) is 0 Å². The molecule has 0 spiro atoms. The Morgan fingerprint density at radius 1 is 1.36 bits per heavy atom. The lowest BCUT2D eigenvalue weighted by Gasteiger charge is -2.00. The van der Waals surface area contributed by atoms with Crippen LogP contribution in [0.15, 0.2) is 36.6 Å². The number of rotatable bonds is 4. The molecule has 0 aliphatic heterocycles. The van der Waals surface area contributed by atoms with Gasteiger partial charge in [-0.2, -0.15) is 0 Å². The molecular formula is C11H11O3. The molecule has 0 aliphatic rings. The van der Waals surface area contributed by atoms with E-state index < -0.39 is 5.97 Å². The summed E-state index contributed by atoms with van der Waals surface area (Å²) in [6, 6.07) is 7.23. The van der Waals surface area contributed by atoms with Crippen molar-refractivity contribution in [1.82, 2.24) is 0 Å². The summed E-state index contributed by atoms with van der Waals surface area (Å²) >= 11 is 0. The number of benzene rings is 1. The lowest BCUT2D eigenvalue weighted by atomic mass is 10.1. The van der Waals surface area contributed by atoms with Crippen LogP contribution in [0.1, 0.15) is 11.1 Å². The second kappa shape index (κ2) is 5.07. The molecule has 3 nitrogen and oxygen atoms in total. The molecular weight excluding hydrogens is 180 g/mol. The van der Waals surface area contributed by atoms with Gasteiger partial charge >= 0.3 is 5.97 Å². The van der Waals surface area contributed by atoms with Crippen molar-refractivity contribution in [2.24, 2.45) is 0 Å². The number of allylic oxidation sites excluding steroid dienone is 1. The predicted octanol–water partition coefficient (Wildman–Crippen LogP) is 1.80. The maximum absolute atomic E-state index is 10.4. The molecule has 1 aromatic rings. The number of carboxylic acids is 1. The predicted molar refractivity (Wildman–Crippen MR) is 51.3 cm³/mol. The maximum atomic E-state index is 10.4. The number of carbonyl (C=O) groups is 1. The van der Waals surface area contributed by atoms with E-state index in [1.165, 1.54) is 6.08 Å². The van der Waals surface area contributed by atoms with E-state index in [0.717, 1.165) is 17.4 Å². The van der Waals surface area contributed by atoms with E-state index >= 15 is 0 Å². The Balaban J connectivity index is 2.73. The molecule has 1 aromatic carbocycles. The van der Waals surface area contributed by atoms with E-state index in [9.17, 15) is 9.90 Å². The summed E-state index contributed by atoms with van der Waals surface area (Å²) in [4.78, 5) is 10.4. The van der Waals surface area contributed by atoms with Crippen LogP contribution < -0.4 is 0 Å². The maximum Gasteiger partial charge on any atom is 0.307 e. The zero-order valence-electron chi connectivity index (χ0n) is 7.64. The zero-order valence-corrected chi connectivity index (χ0v) is 7.64. The van der Waals surface area contributed by atoms with Gasteiger partial charge in [-0.05, 0) is 23.6 Å². The van der Waals surface area contributed by atoms with E-state index in [1.54, 1.807) is 18.2 Å². The molecule has 0 aliphatic carbocycles. The lowest BCUT2D eigenvalue weighted by molar-refractivity contribution is -0.136. The third kappa shape index (κ3) is 3.31. The second-order valence-corrected chi connectivity index (χ2v) is 2.97. The molecule has 0 aromatic heterocycles. The second-order valence-electron chi connectivity index (χ2n) is 2.97. The first-order chi connectivity index (χ1) is 6.72. The van der Waals surface area contributed by atoms with Crippen LogP contribution in [-0.4, -0.2) is 11.1 Å². The van der Waals surface area contributed by atoms with E-state index in [0.29, 0.717) is 6.42 Å². The lowest BCUT2D eigenvalue weighted by Crippen LogP contribution is -2.00. The summed E-state index contributed by atoms with van der Waals surface area (Å²) in [6.07, 6.45) is 2.82. The zero-order chi connectivity index (χ0) is 10.4. The van der Waals surface area contributed by atoms with Crippen molar-refractivity contribution in [2.45, 2.75) is 12.8 Å². The molecule has 73 valence electrons. The molecule has 0 bridgehead atoms. The van der Waals surface area contributed by atoms with Crippen LogP contribution in [-0.2, 0) is 22.7 Å². The Labute approximate surface area is 82.3 Å². The van der Waals surface area contributed by atoms with E-state index in [1.807, 2.05) is 6.07 Å². The highest BCUT2D eigenvalue weighted by atomic mass is 16.4. The van der Waals surface area contributed by atoms with Gasteiger partial charge in [-0.25, -0.2) is 0 Å². The van der Waals surface area contributed by atoms with Crippen molar-refractivity contribution >= 4 is 5.97 Å². The van der Waals surface area contributed by atoms with Crippen LogP contribution in [0, 0.1) is 0 Å². The van der Waals surface area contributed by atoms with Crippen molar-refractivity contribution in [2.75, 3.05) is 0 Å². The fourth-order valence-electron chi connectivity index (χ4n) is 1.23. The molecule has 0 amide bonds. The van der Waals surface area contributed by atoms with Crippen molar-refractivity contribution in [3.8, 4) is 0 Å². The largest absolute Gasteiger partial charge is 0.481 e. The third-order valence-electron chi connectivity index (χ3n) is 1.80. The average Bonchev–Trinajstić information content (AvgIpc) is 2.14. The summed E-state index contributed by atoms with van der Waals surface area (Å²) in [5.41, 5.74) is 1.71. The average molecular weight is 191 g/mol. The van der Waals surface area contributed by atoms with E-state index in [2.05, 4.69) is 0 Å². The molecule has 14 heavy (non-hydrogen) atoms. The van der Waals surface area contributed by atoms with Crippen LogP contribution in [0.2, 0.25) is 0 Å². The Bertz CT molecular complexity index is 342. The molecule has 1 radical (unpaired) electrons. The minimum Gasteiger partial charge on any atom is -0.481 e. The highest BCUT2D eigenvalue weighted by Gasteiger charge is 2.00. The van der Waals surface area contributed by atoms with Gasteiger partial charge in [-0.3, -0.25) is 9.90 Å². The quantitative estimate of drug-likeness (QED) is 0.738. The molecule has 0 atom stereocenters. The van der Waals surface area contributed by atoms with Crippen LogP contribution in [0.4, 0.5) is 0 Å². The molecule has 1 rings (SSSR count). The van der Waals surface area contributed by atoms with Crippen molar-refractivity contribution in [3.63, 3.8) is 0 Å². The summed E-state index contributed by atoms with van der Waals surface area (Å²) in [5.74, 6) is -0.846. The van der Waals surface area contributed by atoms with Gasteiger partial charge in [-0.15, -0.1) is 0 Å². The van der Waals surface area contributed by atoms with Gasteiger partial charge in [0.15, 0.2) is 0 Å². The minimum absolute atomic E-state index is 0.0227. The van der Waals surface area contributed by atoms with Gasteiger partial charge in [0.25, 0.3) is 0 Å². The molecule has 0 saturated heterocycles. The van der Waals surface area contributed by atoms with Gasteiger partial charge < -0.3 is 5.11 Å². The van der Waals surface area contributed by atoms with Gasteiger partial charge in [0.2, 0.25) is 0 Å². The fourth-order valence-corrected chi connectivity index (χ4v) is 1.23.